The van der Waals surface area contributed by atoms with Crippen LogP contribution in [0.3, 0.4) is 0 Å². The van der Waals surface area contributed by atoms with Crippen molar-refractivity contribution in [3.63, 3.8) is 0 Å². The van der Waals surface area contributed by atoms with E-state index >= 15 is 0 Å². The normalized spacial score (nSPS) is 12.7. The predicted molar refractivity (Wildman–Crippen MR) is 89.8 cm³/mol. The van der Waals surface area contributed by atoms with Gasteiger partial charge in [0.2, 0.25) is 0 Å². The first kappa shape index (κ1) is 17.3. The second kappa shape index (κ2) is 9.27. The van der Waals surface area contributed by atoms with Crippen LogP contribution < -0.4 is 10.5 Å². The van der Waals surface area contributed by atoms with Crippen LogP contribution in [0.25, 0.3) is 0 Å². The molecule has 0 bridgehead atoms. The van der Waals surface area contributed by atoms with Crippen LogP contribution in [0, 0.1) is 6.92 Å². The van der Waals surface area contributed by atoms with Crippen LogP contribution in [0.5, 0.6) is 5.75 Å². The molecule has 1 atom stereocenters. The lowest BCUT2D eigenvalue weighted by molar-refractivity contribution is 0.324. The van der Waals surface area contributed by atoms with Gasteiger partial charge >= 0.3 is 0 Å². The Hall–Kier alpha value is -0.710. The summed E-state index contributed by atoms with van der Waals surface area (Å²) < 4.78 is 5.40. The fourth-order valence-electron chi connectivity index (χ4n) is 2.18. The average Bonchev–Trinajstić information content (AvgIpc) is 2.47. The van der Waals surface area contributed by atoms with E-state index in [9.17, 15) is 0 Å². The average molecular weight is 296 g/mol. The van der Waals surface area contributed by atoms with E-state index < -0.39 is 0 Å². The molecule has 0 aliphatic rings. The molecule has 0 aliphatic heterocycles. The third-order valence-corrected chi connectivity index (χ3v) is 4.59. The summed E-state index contributed by atoms with van der Waals surface area (Å²) in [5, 5.41) is 0. The molecule has 0 heterocycles. The molecule has 114 valence electrons. The zero-order valence-corrected chi connectivity index (χ0v) is 14.0. The van der Waals surface area contributed by atoms with Gasteiger partial charge in [-0.1, -0.05) is 31.5 Å². The lowest BCUT2D eigenvalue weighted by Crippen LogP contribution is -2.25. The predicted octanol–water partition coefficient (Wildman–Crippen LogP) is 3.08. The molecule has 1 rings (SSSR count). The second-order valence-corrected chi connectivity index (χ2v) is 6.10. The summed E-state index contributed by atoms with van der Waals surface area (Å²) in [5.74, 6) is 2.96. The summed E-state index contributed by atoms with van der Waals surface area (Å²) in [4.78, 5) is 2.44. The first-order valence-electron chi connectivity index (χ1n) is 7.32. The molecule has 3 nitrogen and oxygen atoms in total. The molecule has 0 fully saturated rings. The van der Waals surface area contributed by atoms with Gasteiger partial charge in [-0.15, -0.1) is 0 Å². The van der Waals surface area contributed by atoms with Crippen molar-refractivity contribution in [2.45, 2.75) is 26.8 Å². The van der Waals surface area contributed by atoms with E-state index in [-0.39, 0.29) is 6.04 Å². The van der Waals surface area contributed by atoms with E-state index in [0.717, 1.165) is 42.5 Å². The maximum Gasteiger partial charge on any atom is 0.123 e. The summed E-state index contributed by atoms with van der Waals surface area (Å²) in [6.45, 7) is 9.87. The number of hydrogen-bond donors (Lipinski definition) is 1. The Balaban J connectivity index is 2.46. The molecule has 4 heteroatoms. The molecule has 0 saturated heterocycles. The highest BCUT2D eigenvalue weighted by Crippen LogP contribution is 2.27. The van der Waals surface area contributed by atoms with Crippen LogP contribution in [-0.4, -0.2) is 43.1 Å². The van der Waals surface area contributed by atoms with Crippen LogP contribution in [-0.2, 0) is 0 Å². The number of hydrogen-bond acceptors (Lipinski definition) is 4. The van der Waals surface area contributed by atoms with E-state index in [2.05, 4.69) is 37.8 Å². The number of nitrogens with zero attached hydrogens (tertiary/aromatic N) is 1. The molecule has 0 aromatic heterocycles. The molecule has 1 aromatic carbocycles. The fraction of sp³-hybridized carbons (Fsp3) is 0.625. The highest BCUT2D eigenvalue weighted by molar-refractivity contribution is 7.99. The zero-order valence-electron chi connectivity index (χ0n) is 13.2. The summed E-state index contributed by atoms with van der Waals surface area (Å²) in [7, 11) is 1.70. The summed E-state index contributed by atoms with van der Waals surface area (Å²) in [6.07, 6.45) is 0. The van der Waals surface area contributed by atoms with E-state index in [1.165, 1.54) is 5.56 Å². The maximum absolute atomic E-state index is 6.31. The van der Waals surface area contributed by atoms with E-state index in [1.54, 1.807) is 7.11 Å². The van der Waals surface area contributed by atoms with Crippen molar-refractivity contribution in [3.05, 3.63) is 29.3 Å². The van der Waals surface area contributed by atoms with Gasteiger partial charge in [-0.3, -0.25) is 0 Å². The first-order valence-corrected chi connectivity index (χ1v) is 8.48. The Labute approximate surface area is 127 Å². The summed E-state index contributed by atoms with van der Waals surface area (Å²) >= 11 is 1.92. The molecule has 0 spiro atoms. The topological polar surface area (TPSA) is 38.5 Å². The highest BCUT2D eigenvalue weighted by atomic mass is 32.2. The van der Waals surface area contributed by atoms with Crippen LogP contribution in [0.15, 0.2) is 18.2 Å². The molecule has 0 aliphatic carbocycles. The highest BCUT2D eigenvalue weighted by Gasteiger charge is 2.12. The van der Waals surface area contributed by atoms with Crippen LogP contribution >= 0.6 is 11.8 Å². The number of methoxy groups -OCH3 is 1. The molecule has 20 heavy (non-hydrogen) atoms. The zero-order chi connectivity index (χ0) is 15.0. The van der Waals surface area contributed by atoms with Gasteiger partial charge in [0, 0.05) is 29.7 Å². The largest absolute Gasteiger partial charge is 0.496 e. The monoisotopic (exact) mass is 296 g/mol. The van der Waals surface area contributed by atoms with Gasteiger partial charge in [-0.25, -0.2) is 0 Å². The van der Waals surface area contributed by atoms with Gasteiger partial charge in [0.15, 0.2) is 0 Å². The minimum atomic E-state index is 0.0338. The smallest absolute Gasteiger partial charge is 0.123 e. The Morgan fingerprint density at radius 1 is 1.30 bits per heavy atom. The summed E-state index contributed by atoms with van der Waals surface area (Å²) in [6, 6.07) is 6.23. The molecular formula is C16H28N2OS. The lowest BCUT2D eigenvalue weighted by atomic mass is 10.1. The van der Waals surface area contributed by atoms with Gasteiger partial charge in [-0.2, -0.15) is 11.8 Å². The minimum absolute atomic E-state index is 0.0338. The minimum Gasteiger partial charge on any atom is -0.496 e. The first-order chi connectivity index (χ1) is 9.62. The van der Waals surface area contributed by atoms with Gasteiger partial charge in [-0.05, 0) is 26.1 Å². The molecule has 0 saturated carbocycles. The Kier molecular flexibility index (Phi) is 8.04. The second-order valence-electron chi connectivity index (χ2n) is 4.95. The third kappa shape index (κ3) is 5.35. The third-order valence-electron chi connectivity index (χ3n) is 3.53. The van der Waals surface area contributed by atoms with Crippen molar-refractivity contribution >= 4 is 11.8 Å². The van der Waals surface area contributed by atoms with Gasteiger partial charge in [0.1, 0.15) is 5.75 Å². The number of thioether (sulfide) groups is 1. The Morgan fingerprint density at radius 3 is 2.60 bits per heavy atom. The Morgan fingerprint density at radius 2 is 2.00 bits per heavy atom. The SMILES string of the molecule is CCN(CC)CCSCC(N)c1cc(C)ccc1OC. The molecule has 0 amide bonds. The number of rotatable bonds is 9. The number of ether oxygens (including phenoxy) is 1. The molecule has 2 N–H and O–H groups in total. The molecule has 1 unspecified atom stereocenters. The van der Waals surface area contributed by atoms with E-state index in [0.29, 0.717) is 0 Å². The van der Waals surface area contributed by atoms with Crippen molar-refractivity contribution in [2.24, 2.45) is 5.73 Å². The quantitative estimate of drug-likeness (QED) is 0.711. The molecular weight excluding hydrogens is 268 g/mol. The van der Waals surface area contributed by atoms with Crippen LogP contribution in [0.2, 0.25) is 0 Å². The van der Waals surface area contributed by atoms with Gasteiger partial charge in [0.05, 0.1) is 7.11 Å². The molecule has 0 radical (unpaired) electrons. The van der Waals surface area contributed by atoms with Gasteiger partial charge < -0.3 is 15.4 Å². The van der Waals surface area contributed by atoms with Crippen molar-refractivity contribution in [3.8, 4) is 5.75 Å². The van der Waals surface area contributed by atoms with Crippen molar-refractivity contribution in [1.82, 2.24) is 4.90 Å². The number of benzene rings is 1. The van der Waals surface area contributed by atoms with E-state index in [4.69, 9.17) is 10.5 Å². The van der Waals surface area contributed by atoms with Crippen molar-refractivity contribution < 1.29 is 4.74 Å². The lowest BCUT2D eigenvalue weighted by Gasteiger charge is -2.19. The van der Waals surface area contributed by atoms with Crippen LogP contribution in [0.1, 0.15) is 31.0 Å². The van der Waals surface area contributed by atoms with Crippen LogP contribution in [0.4, 0.5) is 0 Å². The standard InChI is InChI=1S/C16H28N2OS/c1-5-18(6-2)9-10-20-12-15(17)14-11-13(3)7-8-16(14)19-4/h7-8,11,15H,5-6,9-10,12,17H2,1-4H3. The van der Waals surface area contributed by atoms with Gasteiger partial charge in [0.25, 0.3) is 0 Å². The Bertz CT molecular complexity index is 394. The fourth-order valence-corrected chi connectivity index (χ4v) is 3.16. The van der Waals surface area contributed by atoms with Crippen molar-refractivity contribution in [2.75, 3.05) is 38.2 Å². The number of aryl methyl sites for hydroxylation is 1. The molecule has 1 aromatic rings. The maximum atomic E-state index is 6.31. The van der Waals surface area contributed by atoms with Crippen molar-refractivity contribution in [1.29, 1.82) is 0 Å². The number of nitrogens with two attached hydrogens (primary N) is 1. The van der Waals surface area contributed by atoms with E-state index in [1.807, 2.05) is 17.8 Å². The summed E-state index contributed by atoms with van der Waals surface area (Å²) in [5.41, 5.74) is 8.65.